The van der Waals surface area contributed by atoms with Gasteiger partial charge in [0.25, 0.3) is 5.91 Å². The van der Waals surface area contributed by atoms with E-state index in [2.05, 4.69) is 15.5 Å². The summed E-state index contributed by atoms with van der Waals surface area (Å²) in [5.74, 6) is -0.335. The number of amides is 2. The van der Waals surface area contributed by atoms with Gasteiger partial charge in [0.05, 0.1) is 4.90 Å². The lowest BCUT2D eigenvalue weighted by atomic mass is 10.1. The number of nitrogens with zero attached hydrogens (tertiary/aromatic N) is 1. The second kappa shape index (κ2) is 8.15. The minimum Gasteiger partial charge on any atom is -0.359 e. The number of rotatable bonds is 6. The number of nitrogens with one attached hydrogen (secondary N) is 2. The number of likely N-dealkylation sites (tertiary alicyclic amines) is 1. The average Bonchev–Trinajstić information content (AvgIpc) is 2.92. The highest BCUT2D eigenvalue weighted by Gasteiger charge is 2.31. The predicted octanol–water partition coefficient (Wildman–Crippen LogP) is -0.0289. The Bertz CT molecular complexity index is 794. The van der Waals surface area contributed by atoms with E-state index in [1.807, 2.05) is 7.05 Å². The molecule has 26 heavy (non-hydrogen) atoms. The molecule has 2 atom stereocenters. The fourth-order valence-corrected chi connectivity index (χ4v) is 3.77. The standard InChI is InChI=1S/C17H26N4O4S/c1-11-4-7-14(26(18,24)25)9-15(11)17(23)20-10-13-6-5-12(21(13)3)8-16(22)19-2/h4,7,9,12-13H,5-6,8,10H2,1-3H3,(H,19,22)(H,20,23)(H2,18,24,25)/t12-,13+/m1/s1. The third-order valence-electron chi connectivity index (χ3n) is 4.97. The molecular weight excluding hydrogens is 356 g/mol. The fourth-order valence-electron chi connectivity index (χ4n) is 3.23. The molecule has 1 fully saturated rings. The molecule has 4 N–H and O–H groups in total. The maximum Gasteiger partial charge on any atom is 0.251 e. The van der Waals surface area contributed by atoms with Crippen molar-refractivity contribution in [3.63, 3.8) is 0 Å². The first-order chi connectivity index (χ1) is 12.1. The molecule has 0 radical (unpaired) electrons. The van der Waals surface area contributed by atoms with Crippen molar-refractivity contribution in [2.75, 3.05) is 20.6 Å². The molecule has 8 nitrogen and oxygen atoms in total. The summed E-state index contributed by atoms with van der Waals surface area (Å²) in [7, 11) is -0.296. The zero-order valence-corrected chi connectivity index (χ0v) is 16.1. The van der Waals surface area contributed by atoms with Crippen molar-refractivity contribution in [2.24, 2.45) is 5.14 Å². The van der Waals surface area contributed by atoms with Crippen LogP contribution in [0.1, 0.15) is 35.2 Å². The molecule has 0 aliphatic carbocycles. The first kappa shape index (κ1) is 20.3. The van der Waals surface area contributed by atoms with E-state index in [-0.39, 0.29) is 28.8 Å². The molecule has 1 aliphatic rings. The van der Waals surface area contributed by atoms with Gasteiger partial charge in [-0.25, -0.2) is 13.6 Å². The second-order valence-corrected chi connectivity index (χ2v) is 8.22. The van der Waals surface area contributed by atoms with Crippen LogP contribution in [-0.2, 0) is 14.8 Å². The van der Waals surface area contributed by atoms with Gasteiger partial charge in [-0.3, -0.25) is 14.5 Å². The summed E-state index contributed by atoms with van der Waals surface area (Å²) in [4.78, 5) is 26.1. The fraction of sp³-hybridized carbons (Fsp3) is 0.529. The highest BCUT2D eigenvalue weighted by atomic mass is 32.2. The monoisotopic (exact) mass is 382 g/mol. The molecule has 1 aromatic rings. The minimum atomic E-state index is -3.86. The largest absolute Gasteiger partial charge is 0.359 e. The van der Waals surface area contributed by atoms with Crippen molar-refractivity contribution in [3.8, 4) is 0 Å². The third kappa shape index (κ3) is 4.80. The Hall–Kier alpha value is -1.97. The number of likely N-dealkylation sites (N-methyl/N-ethyl adjacent to an activating group) is 1. The lowest BCUT2D eigenvalue weighted by molar-refractivity contribution is -0.121. The first-order valence-corrected chi connectivity index (χ1v) is 10.0. The van der Waals surface area contributed by atoms with Gasteiger partial charge in [-0.2, -0.15) is 0 Å². The summed E-state index contributed by atoms with van der Waals surface area (Å²) in [5, 5.41) is 10.6. The second-order valence-electron chi connectivity index (χ2n) is 6.66. The van der Waals surface area contributed by atoms with Crippen molar-refractivity contribution in [3.05, 3.63) is 29.3 Å². The van der Waals surface area contributed by atoms with Crippen LogP contribution < -0.4 is 15.8 Å². The molecule has 1 aliphatic heterocycles. The van der Waals surface area contributed by atoms with Gasteiger partial charge in [0, 0.05) is 37.7 Å². The molecule has 1 aromatic carbocycles. The van der Waals surface area contributed by atoms with Gasteiger partial charge in [-0.1, -0.05) is 6.07 Å². The summed E-state index contributed by atoms with van der Waals surface area (Å²) < 4.78 is 23.0. The Labute approximate surface area is 154 Å². The number of aryl methyl sites for hydroxylation is 1. The smallest absolute Gasteiger partial charge is 0.251 e. The highest BCUT2D eigenvalue weighted by molar-refractivity contribution is 7.89. The molecular formula is C17H26N4O4S. The molecule has 0 spiro atoms. The number of primary sulfonamides is 1. The number of sulfonamides is 1. The molecule has 0 bridgehead atoms. The number of hydrogen-bond donors (Lipinski definition) is 3. The average molecular weight is 382 g/mol. The van der Waals surface area contributed by atoms with E-state index in [9.17, 15) is 18.0 Å². The van der Waals surface area contributed by atoms with Crippen LogP contribution in [0, 0.1) is 6.92 Å². The number of carbonyl (C=O) groups is 2. The molecule has 1 heterocycles. The van der Waals surface area contributed by atoms with E-state index in [1.165, 1.54) is 12.1 Å². The van der Waals surface area contributed by atoms with Crippen molar-refractivity contribution in [2.45, 2.75) is 43.2 Å². The summed E-state index contributed by atoms with van der Waals surface area (Å²) in [6.07, 6.45) is 2.21. The van der Waals surface area contributed by atoms with Gasteiger partial charge in [-0.15, -0.1) is 0 Å². The van der Waals surface area contributed by atoms with Gasteiger partial charge >= 0.3 is 0 Å². The van der Waals surface area contributed by atoms with Crippen molar-refractivity contribution >= 4 is 21.8 Å². The molecule has 0 unspecified atom stereocenters. The van der Waals surface area contributed by atoms with Gasteiger partial charge in [0.1, 0.15) is 0 Å². The lowest BCUT2D eigenvalue weighted by Crippen LogP contribution is -2.42. The number of hydrogen-bond acceptors (Lipinski definition) is 5. The Morgan fingerprint density at radius 1 is 1.27 bits per heavy atom. The zero-order chi connectivity index (χ0) is 19.5. The summed E-state index contributed by atoms with van der Waals surface area (Å²) >= 11 is 0. The molecule has 2 amide bonds. The maximum absolute atomic E-state index is 12.5. The molecule has 1 saturated heterocycles. The Morgan fingerprint density at radius 3 is 2.54 bits per heavy atom. The van der Waals surface area contributed by atoms with E-state index in [0.29, 0.717) is 24.1 Å². The van der Waals surface area contributed by atoms with Crippen LogP contribution in [0.15, 0.2) is 23.1 Å². The van der Waals surface area contributed by atoms with Crippen LogP contribution in [0.4, 0.5) is 0 Å². The van der Waals surface area contributed by atoms with Gasteiger partial charge in [-0.05, 0) is 44.5 Å². The van der Waals surface area contributed by atoms with E-state index >= 15 is 0 Å². The molecule has 2 rings (SSSR count). The molecule has 0 aromatic heterocycles. The van der Waals surface area contributed by atoms with Crippen molar-refractivity contribution in [1.29, 1.82) is 0 Å². The Kier molecular flexibility index (Phi) is 6.38. The molecule has 144 valence electrons. The summed E-state index contributed by atoms with van der Waals surface area (Å²) in [6, 6.07) is 4.54. The topological polar surface area (TPSA) is 122 Å². The van der Waals surface area contributed by atoms with Crippen LogP contribution in [0.3, 0.4) is 0 Å². The minimum absolute atomic E-state index is 0.00182. The highest BCUT2D eigenvalue weighted by Crippen LogP contribution is 2.24. The number of benzene rings is 1. The van der Waals surface area contributed by atoms with E-state index < -0.39 is 10.0 Å². The van der Waals surface area contributed by atoms with Crippen LogP contribution in [0.25, 0.3) is 0 Å². The van der Waals surface area contributed by atoms with Gasteiger partial charge in [0.2, 0.25) is 15.9 Å². The quantitative estimate of drug-likeness (QED) is 0.638. The van der Waals surface area contributed by atoms with E-state index in [0.717, 1.165) is 12.8 Å². The predicted molar refractivity (Wildman–Crippen MR) is 98.1 cm³/mol. The Balaban J connectivity index is 2.00. The maximum atomic E-state index is 12.5. The van der Waals surface area contributed by atoms with Gasteiger partial charge in [0.15, 0.2) is 0 Å². The number of nitrogens with two attached hydrogens (primary N) is 1. The normalized spacial score (nSPS) is 20.8. The SMILES string of the molecule is CNC(=O)C[C@H]1CC[C@@H](CNC(=O)c2cc(S(N)(=O)=O)ccc2C)N1C. The first-order valence-electron chi connectivity index (χ1n) is 8.47. The lowest BCUT2D eigenvalue weighted by Gasteiger charge is -2.25. The van der Waals surface area contributed by atoms with Crippen LogP contribution in [0.2, 0.25) is 0 Å². The third-order valence-corrected chi connectivity index (χ3v) is 5.88. The molecule has 9 heteroatoms. The summed E-state index contributed by atoms with van der Waals surface area (Å²) in [5.41, 5.74) is 0.964. The number of carbonyl (C=O) groups excluding carboxylic acids is 2. The zero-order valence-electron chi connectivity index (χ0n) is 15.3. The summed E-state index contributed by atoms with van der Waals surface area (Å²) in [6.45, 7) is 2.17. The van der Waals surface area contributed by atoms with E-state index in [1.54, 1.807) is 20.0 Å². The van der Waals surface area contributed by atoms with Crippen molar-refractivity contribution in [1.82, 2.24) is 15.5 Å². The van der Waals surface area contributed by atoms with Crippen LogP contribution in [0.5, 0.6) is 0 Å². The van der Waals surface area contributed by atoms with E-state index in [4.69, 9.17) is 5.14 Å². The van der Waals surface area contributed by atoms with Crippen molar-refractivity contribution < 1.29 is 18.0 Å². The van der Waals surface area contributed by atoms with Gasteiger partial charge < -0.3 is 10.6 Å². The van der Waals surface area contributed by atoms with Crippen LogP contribution in [-0.4, -0.2) is 57.9 Å². The molecule has 0 saturated carbocycles. The van der Waals surface area contributed by atoms with Crippen LogP contribution >= 0.6 is 0 Å². The Morgan fingerprint density at radius 2 is 1.92 bits per heavy atom.